The van der Waals surface area contributed by atoms with Crippen LogP contribution >= 0.6 is 46.4 Å². The lowest BCUT2D eigenvalue weighted by atomic mass is 10.1. The van der Waals surface area contributed by atoms with Gasteiger partial charge >= 0.3 is 0 Å². The Hall–Kier alpha value is -1.45. The van der Waals surface area contributed by atoms with Gasteiger partial charge in [0.2, 0.25) is 5.91 Å². The lowest BCUT2D eigenvalue weighted by Gasteiger charge is -2.08. The first-order valence-electron chi connectivity index (χ1n) is 5.46. The molecular weight excluding hydrogens is 358 g/mol. The van der Waals surface area contributed by atoms with Crippen LogP contribution in [0.5, 0.6) is 0 Å². The SMILES string of the molecule is CC(=O)Nc1[nH]nc(-c2c(Cl)cc(Cl)c(Cl)c2Cl)c1C#N. The Morgan fingerprint density at radius 3 is 2.52 bits per heavy atom. The van der Waals surface area contributed by atoms with Crippen molar-refractivity contribution in [2.24, 2.45) is 0 Å². The molecule has 1 aromatic carbocycles. The van der Waals surface area contributed by atoms with Crippen molar-refractivity contribution in [2.75, 3.05) is 5.32 Å². The van der Waals surface area contributed by atoms with Gasteiger partial charge in [0.15, 0.2) is 0 Å². The predicted molar refractivity (Wildman–Crippen MR) is 83.1 cm³/mol. The molecular formula is C12H6Cl4N4O. The van der Waals surface area contributed by atoms with Crippen molar-refractivity contribution in [1.29, 1.82) is 5.26 Å². The number of nitrogens with one attached hydrogen (secondary N) is 2. The smallest absolute Gasteiger partial charge is 0.222 e. The Labute approximate surface area is 139 Å². The maximum atomic E-state index is 11.1. The molecule has 0 unspecified atom stereocenters. The average Bonchev–Trinajstić information content (AvgIpc) is 2.78. The van der Waals surface area contributed by atoms with Crippen LogP contribution in [-0.2, 0) is 4.79 Å². The highest BCUT2D eigenvalue weighted by Crippen LogP contribution is 2.44. The number of anilines is 1. The van der Waals surface area contributed by atoms with Crippen LogP contribution in [0.25, 0.3) is 11.3 Å². The highest BCUT2D eigenvalue weighted by Gasteiger charge is 2.23. The second-order valence-electron chi connectivity index (χ2n) is 3.96. The van der Waals surface area contributed by atoms with Crippen LogP contribution in [-0.4, -0.2) is 16.1 Å². The van der Waals surface area contributed by atoms with Crippen molar-refractivity contribution in [1.82, 2.24) is 10.2 Å². The van der Waals surface area contributed by atoms with E-state index >= 15 is 0 Å². The van der Waals surface area contributed by atoms with Gasteiger partial charge in [-0.05, 0) is 6.07 Å². The molecule has 0 radical (unpaired) electrons. The number of nitriles is 1. The Kier molecular flexibility index (Phi) is 4.64. The Morgan fingerprint density at radius 1 is 1.29 bits per heavy atom. The minimum absolute atomic E-state index is 0.0755. The number of carbonyl (C=O) groups excluding carboxylic acids is 1. The highest BCUT2D eigenvalue weighted by molar-refractivity contribution is 6.51. The standard InChI is InChI=1S/C12H6Cl4N4O/c1-4(21)18-12-5(3-17)11(19-20-12)8-6(13)2-7(14)9(15)10(8)16/h2H,1H3,(H2,18,19,20,21). The van der Waals surface area contributed by atoms with Crippen LogP contribution in [0, 0.1) is 11.3 Å². The van der Waals surface area contributed by atoms with E-state index in [9.17, 15) is 10.1 Å². The molecule has 1 aromatic heterocycles. The molecule has 2 aromatic rings. The normalized spacial score (nSPS) is 10.3. The molecule has 1 amide bonds. The summed E-state index contributed by atoms with van der Waals surface area (Å²) in [7, 11) is 0. The largest absolute Gasteiger partial charge is 0.310 e. The van der Waals surface area contributed by atoms with Crippen LogP contribution in [0.15, 0.2) is 6.07 Å². The molecule has 0 bridgehead atoms. The minimum atomic E-state index is -0.354. The fourth-order valence-corrected chi connectivity index (χ4v) is 2.77. The molecule has 108 valence electrons. The molecule has 0 aliphatic carbocycles. The molecule has 21 heavy (non-hydrogen) atoms. The number of hydrogen-bond acceptors (Lipinski definition) is 3. The third-order valence-corrected chi connectivity index (χ3v) is 4.09. The van der Waals surface area contributed by atoms with Gasteiger partial charge in [0.05, 0.1) is 20.1 Å². The molecule has 0 aliphatic rings. The van der Waals surface area contributed by atoms with Gasteiger partial charge in [0.1, 0.15) is 23.1 Å². The third kappa shape index (κ3) is 2.94. The van der Waals surface area contributed by atoms with Crippen molar-refractivity contribution >= 4 is 58.1 Å². The molecule has 9 heteroatoms. The second kappa shape index (κ2) is 6.12. The summed E-state index contributed by atoms with van der Waals surface area (Å²) in [6.45, 7) is 1.31. The first-order valence-corrected chi connectivity index (χ1v) is 6.97. The number of aromatic amines is 1. The average molecular weight is 364 g/mol. The highest BCUT2D eigenvalue weighted by atomic mass is 35.5. The molecule has 2 N–H and O–H groups in total. The quantitative estimate of drug-likeness (QED) is 0.607. The van der Waals surface area contributed by atoms with Gasteiger partial charge in [0, 0.05) is 12.5 Å². The molecule has 5 nitrogen and oxygen atoms in total. The van der Waals surface area contributed by atoms with E-state index in [-0.39, 0.29) is 48.6 Å². The van der Waals surface area contributed by atoms with Crippen LogP contribution in [0.3, 0.4) is 0 Å². The molecule has 2 rings (SSSR count). The summed E-state index contributed by atoms with van der Waals surface area (Å²) in [6, 6.07) is 3.34. The van der Waals surface area contributed by atoms with Crippen molar-refractivity contribution in [2.45, 2.75) is 6.92 Å². The lowest BCUT2D eigenvalue weighted by Crippen LogP contribution is -2.07. The first kappa shape index (κ1) is 15.9. The summed E-state index contributed by atoms with van der Waals surface area (Å²) < 4.78 is 0. The minimum Gasteiger partial charge on any atom is -0.310 e. The Morgan fingerprint density at radius 2 is 1.95 bits per heavy atom. The predicted octanol–water partition coefficient (Wildman–Crippen LogP) is 4.52. The number of halogens is 4. The van der Waals surface area contributed by atoms with E-state index in [1.807, 2.05) is 6.07 Å². The van der Waals surface area contributed by atoms with Crippen molar-refractivity contribution in [3.8, 4) is 17.3 Å². The summed E-state index contributed by atoms with van der Waals surface area (Å²) in [5.74, 6) is -0.203. The molecule has 0 saturated carbocycles. The lowest BCUT2D eigenvalue weighted by molar-refractivity contribution is -0.114. The van der Waals surface area contributed by atoms with Crippen molar-refractivity contribution in [3.63, 3.8) is 0 Å². The van der Waals surface area contributed by atoms with Crippen LogP contribution in [0.1, 0.15) is 12.5 Å². The number of aromatic nitrogens is 2. The fraction of sp³-hybridized carbons (Fsp3) is 0.0833. The van der Waals surface area contributed by atoms with Gasteiger partial charge in [-0.15, -0.1) is 0 Å². The van der Waals surface area contributed by atoms with E-state index in [1.165, 1.54) is 13.0 Å². The number of hydrogen-bond donors (Lipinski definition) is 2. The monoisotopic (exact) mass is 362 g/mol. The Bertz CT molecular complexity index is 779. The Balaban J connectivity index is 2.69. The van der Waals surface area contributed by atoms with Crippen molar-refractivity contribution in [3.05, 3.63) is 31.7 Å². The molecule has 1 heterocycles. The zero-order valence-electron chi connectivity index (χ0n) is 10.4. The number of benzene rings is 1. The van der Waals surface area contributed by atoms with Gasteiger partial charge in [-0.25, -0.2) is 0 Å². The molecule has 0 spiro atoms. The molecule has 0 fully saturated rings. The number of nitrogens with zero attached hydrogens (tertiary/aromatic N) is 2. The number of carbonyl (C=O) groups is 1. The van der Waals surface area contributed by atoms with Gasteiger partial charge < -0.3 is 5.32 Å². The second-order valence-corrected chi connectivity index (χ2v) is 5.53. The van der Waals surface area contributed by atoms with Gasteiger partial charge in [-0.1, -0.05) is 46.4 Å². The third-order valence-electron chi connectivity index (χ3n) is 2.53. The number of rotatable bonds is 2. The van der Waals surface area contributed by atoms with E-state index in [0.717, 1.165) is 0 Å². The first-order chi connectivity index (χ1) is 9.86. The maximum absolute atomic E-state index is 11.1. The maximum Gasteiger partial charge on any atom is 0.222 e. The van der Waals surface area contributed by atoms with E-state index in [2.05, 4.69) is 15.5 Å². The van der Waals surface area contributed by atoms with Gasteiger partial charge in [-0.3, -0.25) is 9.89 Å². The van der Waals surface area contributed by atoms with E-state index in [0.29, 0.717) is 0 Å². The summed E-state index contributed by atoms with van der Waals surface area (Å²) in [5, 5.41) is 18.8. The summed E-state index contributed by atoms with van der Waals surface area (Å²) in [5.41, 5.74) is 0.527. The molecule has 0 atom stereocenters. The van der Waals surface area contributed by atoms with Gasteiger partial charge in [-0.2, -0.15) is 10.4 Å². The summed E-state index contributed by atoms with van der Waals surface area (Å²) in [4.78, 5) is 11.1. The van der Waals surface area contributed by atoms with E-state index < -0.39 is 0 Å². The van der Waals surface area contributed by atoms with Crippen LogP contribution < -0.4 is 5.32 Å². The number of H-pyrrole nitrogens is 1. The zero-order chi connectivity index (χ0) is 15.7. The van der Waals surface area contributed by atoms with E-state index in [1.54, 1.807) is 0 Å². The fourth-order valence-electron chi connectivity index (χ4n) is 1.68. The summed E-state index contributed by atoms with van der Waals surface area (Å²) >= 11 is 24.1. The number of amides is 1. The molecule has 0 aliphatic heterocycles. The van der Waals surface area contributed by atoms with Crippen LogP contribution in [0.2, 0.25) is 20.1 Å². The molecule has 0 saturated heterocycles. The van der Waals surface area contributed by atoms with Gasteiger partial charge in [0.25, 0.3) is 0 Å². The topological polar surface area (TPSA) is 81.6 Å². The van der Waals surface area contributed by atoms with Crippen LogP contribution in [0.4, 0.5) is 5.82 Å². The zero-order valence-corrected chi connectivity index (χ0v) is 13.4. The van der Waals surface area contributed by atoms with Crippen molar-refractivity contribution < 1.29 is 4.79 Å². The van der Waals surface area contributed by atoms with E-state index in [4.69, 9.17) is 46.4 Å². The summed E-state index contributed by atoms with van der Waals surface area (Å²) in [6.07, 6.45) is 0.